The number of rotatable bonds is 5. The molecule has 2 aromatic carbocycles. The Morgan fingerprint density at radius 1 is 0.923 bits per heavy atom. The van der Waals surface area contributed by atoms with Crippen molar-refractivity contribution in [2.45, 2.75) is 63.4 Å². The zero-order valence-electron chi connectivity index (χ0n) is 16.5. The molecule has 1 aliphatic rings. The van der Waals surface area contributed by atoms with E-state index in [0.29, 0.717) is 17.2 Å². The van der Waals surface area contributed by atoms with E-state index in [4.69, 9.17) is 0 Å². The molecule has 1 nitrogen and oxygen atoms in total. The predicted molar refractivity (Wildman–Crippen MR) is 118 cm³/mol. The minimum absolute atomic E-state index is 0.0557. The van der Waals surface area contributed by atoms with E-state index in [1.807, 2.05) is 0 Å². The molecule has 26 heavy (non-hydrogen) atoms. The van der Waals surface area contributed by atoms with Crippen molar-refractivity contribution >= 4 is 26.3 Å². The van der Waals surface area contributed by atoms with Crippen LogP contribution in [-0.2, 0) is 4.57 Å². The Morgan fingerprint density at radius 2 is 1.42 bits per heavy atom. The predicted octanol–water partition coefficient (Wildman–Crippen LogP) is 6.03. The van der Waals surface area contributed by atoms with Gasteiger partial charge in [0.25, 0.3) is 0 Å². The van der Waals surface area contributed by atoms with E-state index in [1.54, 1.807) is 0 Å². The van der Waals surface area contributed by atoms with E-state index in [0.717, 1.165) is 6.42 Å². The second kappa shape index (κ2) is 8.41. The van der Waals surface area contributed by atoms with E-state index in [-0.39, 0.29) is 5.16 Å². The third-order valence-electron chi connectivity index (χ3n) is 5.74. The molecule has 0 saturated heterocycles. The highest BCUT2D eigenvalue weighted by Gasteiger charge is 2.41. The highest BCUT2D eigenvalue weighted by molar-refractivity contribution is 7.73. The van der Waals surface area contributed by atoms with Crippen LogP contribution >= 0.6 is 15.7 Å². The molecule has 1 fully saturated rings. The first-order valence-electron chi connectivity index (χ1n) is 9.83. The van der Waals surface area contributed by atoms with Crippen LogP contribution in [0.25, 0.3) is 0 Å². The fraction of sp³-hybridized carbons (Fsp3) is 0.478. The van der Waals surface area contributed by atoms with Gasteiger partial charge in [-0.2, -0.15) is 0 Å². The lowest BCUT2D eigenvalue weighted by molar-refractivity contribution is 0.504. The lowest BCUT2D eigenvalue weighted by Gasteiger charge is -2.35. The summed E-state index contributed by atoms with van der Waals surface area (Å²) in [5.41, 5.74) is 0.964. The minimum Gasteiger partial charge on any atom is -0.326 e. The highest BCUT2D eigenvalue weighted by Crippen LogP contribution is 2.56. The maximum absolute atomic E-state index is 13.3. The summed E-state index contributed by atoms with van der Waals surface area (Å²) in [4.78, 5) is 0. The van der Waals surface area contributed by atoms with Gasteiger partial charge >= 0.3 is 0 Å². The average molecular weight is 386 g/mol. The topological polar surface area (TPSA) is 17.1 Å². The first kappa shape index (κ1) is 19.9. The quantitative estimate of drug-likeness (QED) is 0.573. The summed E-state index contributed by atoms with van der Waals surface area (Å²) < 4.78 is 13.3. The molecular weight excluding hydrogens is 354 g/mol. The van der Waals surface area contributed by atoms with Gasteiger partial charge < -0.3 is 4.57 Å². The lowest BCUT2D eigenvalue weighted by atomic mass is 10.0. The van der Waals surface area contributed by atoms with Crippen LogP contribution < -0.4 is 10.6 Å². The second-order valence-electron chi connectivity index (χ2n) is 8.60. The molecule has 1 unspecified atom stereocenters. The van der Waals surface area contributed by atoms with Crippen LogP contribution in [0, 0.1) is 5.92 Å². The Bertz CT molecular complexity index is 681. The second-order valence-corrected chi connectivity index (χ2v) is 14.2. The van der Waals surface area contributed by atoms with E-state index in [9.17, 15) is 4.57 Å². The molecule has 1 saturated carbocycles. The van der Waals surface area contributed by atoms with Gasteiger partial charge in [-0.25, -0.2) is 0 Å². The van der Waals surface area contributed by atoms with Crippen LogP contribution in [-0.4, -0.2) is 16.5 Å². The third kappa shape index (κ3) is 4.32. The standard InChI is InChI=1S/C23H32OP2/c1-18(21-16-11-17-22(21)26(24)23(2,3)4)25(19-12-7-5-8-13-19)20-14-9-6-10-15-20/h5-10,12-15,18,21-22,26H,11,16-17H2,1-4H3/t18-,21+,22+/m1/s1. The van der Waals surface area contributed by atoms with Crippen molar-refractivity contribution in [1.82, 2.24) is 0 Å². The van der Waals surface area contributed by atoms with Crippen molar-refractivity contribution in [3.8, 4) is 0 Å². The van der Waals surface area contributed by atoms with Gasteiger partial charge in [0.15, 0.2) is 0 Å². The van der Waals surface area contributed by atoms with Gasteiger partial charge in [-0.15, -0.1) is 0 Å². The molecule has 0 radical (unpaired) electrons. The molecule has 0 amide bonds. The van der Waals surface area contributed by atoms with Gasteiger partial charge in [-0.3, -0.25) is 0 Å². The fourth-order valence-electron chi connectivity index (χ4n) is 4.44. The Morgan fingerprint density at radius 3 is 1.88 bits per heavy atom. The molecule has 0 spiro atoms. The van der Waals surface area contributed by atoms with Crippen LogP contribution in [0.3, 0.4) is 0 Å². The normalized spacial score (nSPS) is 23.1. The van der Waals surface area contributed by atoms with E-state index in [2.05, 4.69) is 88.4 Å². The van der Waals surface area contributed by atoms with Crippen molar-refractivity contribution in [1.29, 1.82) is 0 Å². The first-order chi connectivity index (χ1) is 12.4. The SMILES string of the molecule is C[C@H]([C@@H]1CCC[C@@H]1[PH](=O)C(C)(C)C)P(c1ccccc1)c1ccccc1. The Hall–Kier alpha value is -0.900. The summed E-state index contributed by atoms with van der Waals surface area (Å²) in [5.74, 6) is 0.576. The molecule has 0 heterocycles. The summed E-state index contributed by atoms with van der Waals surface area (Å²) >= 11 is 0. The number of benzene rings is 2. The summed E-state index contributed by atoms with van der Waals surface area (Å²) in [6.07, 6.45) is 3.62. The van der Waals surface area contributed by atoms with Crippen LogP contribution in [0.4, 0.5) is 0 Å². The smallest absolute Gasteiger partial charge is 0.0844 e. The van der Waals surface area contributed by atoms with Crippen LogP contribution in [0.1, 0.15) is 47.0 Å². The fourth-order valence-corrected chi connectivity index (χ4v) is 9.99. The molecule has 0 N–H and O–H groups in total. The van der Waals surface area contributed by atoms with Crippen molar-refractivity contribution < 1.29 is 4.57 Å². The molecule has 3 rings (SSSR count). The van der Waals surface area contributed by atoms with Crippen molar-refractivity contribution in [3.63, 3.8) is 0 Å². The average Bonchev–Trinajstić information content (AvgIpc) is 3.12. The summed E-state index contributed by atoms with van der Waals surface area (Å²) in [5, 5.41) is 2.84. The number of hydrogen-bond donors (Lipinski definition) is 0. The largest absolute Gasteiger partial charge is 0.326 e. The van der Waals surface area contributed by atoms with E-state index in [1.165, 1.54) is 23.5 Å². The molecule has 140 valence electrons. The van der Waals surface area contributed by atoms with Crippen LogP contribution in [0.5, 0.6) is 0 Å². The maximum atomic E-state index is 13.3. The Labute approximate surface area is 161 Å². The third-order valence-corrected chi connectivity index (χ3v) is 11.5. The highest BCUT2D eigenvalue weighted by atomic mass is 31.1. The number of hydrogen-bond acceptors (Lipinski definition) is 1. The molecule has 0 aliphatic heterocycles. The molecule has 2 aromatic rings. The maximum Gasteiger partial charge on any atom is 0.0844 e. The van der Waals surface area contributed by atoms with Gasteiger partial charge in [-0.05, 0) is 42.9 Å². The van der Waals surface area contributed by atoms with E-state index < -0.39 is 15.7 Å². The summed E-state index contributed by atoms with van der Waals surface area (Å²) in [6.45, 7) is 8.90. The monoisotopic (exact) mass is 386 g/mol. The van der Waals surface area contributed by atoms with Crippen molar-refractivity contribution in [2.24, 2.45) is 5.92 Å². The molecular formula is C23H32OP2. The molecule has 0 bridgehead atoms. The van der Waals surface area contributed by atoms with Crippen LogP contribution in [0.2, 0.25) is 0 Å². The molecule has 0 aromatic heterocycles. The summed E-state index contributed by atoms with van der Waals surface area (Å²) in [6, 6.07) is 22.0. The lowest BCUT2D eigenvalue weighted by Crippen LogP contribution is -2.31. The van der Waals surface area contributed by atoms with Gasteiger partial charge in [0.05, 0.1) is 7.80 Å². The zero-order chi connectivity index (χ0) is 18.7. The van der Waals surface area contributed by atoms with Gasteiger partial charge in [0.1, 0.15) is 0 Å². The first-order valence-corrected chi connectivity index (χ1v) is 12.7. The van der Waals surface area contributed by atoms with E-state index >= 15 is 0 Å². The van der Waals surface area contributed by atoms with Crippen LogP contribution in [0.15, 0.2) is 60.7 Å². The van der Waals surface area contributed by atoms with Gasteiger partial charge in [-0.1, -0.05) is 94.8 Å². The minimum atomic E-state index is -1.61. The Kier molecular flexibility index (Phi) is 6.42. The summed E-state index contributed by atoms with van der Waals surface area (Å²) in [7, 11) is -2.04. The van der Waals surface area contributed by atoms with Gasteiger partial charge in [0, 0.05) is 10.8 Å². The zero-order valence-corrected chi connectivity index (χ0v) is 18.4. The Balaban J connectivity index is 1.95. The molecule has 1 aliphatic carbocycles. The molecule has 3 heteroatoms. The van der Waals surface area contributed by atoms with Crippen molar-refractivity contribution in [2.75, 3.05) is 0 Å². The molecule has 4 atom stereocenters. The van der Waals surface area contributed by atoms with Gasteiger partial charge in [0.2, 0.25) is 0 Å². The van der Waals surface area contributed by atoms with Crippen molar-refractivity contribution in [3.05, 3.63) is 60.7 Å².